The van der Waals surface area contributed by atoms with Gasteiger partial charge in [0.2, 0.25) is 0 Å². The SMILES string of the molecule is CN(Cc1cccnc1)C[C@H]1CCN(C(=O)Nc2cccnc2)C1. The van der Waals surface area contributed by atoms with E-state index < -0.39 is 0 Å². The molecule has 0 radical (unpaired) electrons. The maximum Gasteiger partial charge on any atom is 0.321 e. The fraction of sp³-hybridized carbons (Fsp3) is 0.389. The predicted octanol–water partition coefficient (Wildman–Crippen LogP) is 2.46. The molecule has 1 atom stereocenters. The van der Waals surface area contributed by atoms with Gasteiger partial charge in [-0.1, -0.05) is 6.07 Å². The van der Waals surface area contributed by atoms with Gasteiger partial charge in [0.05, 0.1) is 11.9 Å². The molecule has 0 unspecified atom stereocenters. The summed E-state index contributed by atoms with van der Waals surface area (Å²) in [5.74, 6) is 0.506. The summed E-state index contributed by atoms with van der Waals surface area (Å²) in [6.45, 7) is 3.46. The van der Waals surface area contributed by atoms with Crippen LogP contribution in [-0.4, -0.2) is 52.5 Å². The highest BCUT2D eigenvalue weighted by Gasteiger charge is 2.27. The van der Waals surface area contributed by atoms with Crippen LogP contribution in [0.25, 0.3) is 0 Å². The zero-order valence-corrected chi connectivity index (χ0v) is 13.9. The van der Waals surface area contributed by atoms with Crippen molar-refractivity contribution in [3.63, 3.8) is 0 Å². The summed E-state index contributed by atoms with van der Waals surface area (Å²) >= 11 is 0. The number of hydrogen-bond donors (Lipinski definition) is 1. The molecule has 1 fully saturated rings. The molecule has 2 aromatic heterocycles. The molecule has 2 amide bonds. The van der Waals surface area contributed by atoms with Gasteiger partial charge in [-0.25, -0.2) is 4.79 Å². The molecule has 1 aliphatic heterocycles. The van der Waals surface area contributed by atoms with Crippen molar-refractivity contribution >= 4 is 11.7 Å². The molecule has 3 heterocycles. The third-order valence-electron chi connectivity index (χ3n) is 4.23. The number of nitrogens with zero attached hydrogens (tertiary/aromatic N) is 4. The number of carbonyl (C=O) groups is 1. The normalized spacial score (nSPS) is 17.2. The van der Waals surface area contributed by atoms with Crippen LogP contribution in [0, 0.1) is 5.92 Å². The molecule has 6 heteroatoms. The summed E-state index contributed by atoms with van der Waals surface area (Å²) in [6, 6.07) is 7.67. The first-order valence-corrected chi connectivity index (χ1v) is 8.24. The van der Waals surface area contributed by atoms with Gasteiger partial charge in [0.15, 0.2) is 0 Å². The van der Waals surface area contributed by atoms with Crippen molar-refractivity contribution in [1.29, 1.82) is 0 Å². The van der Waals surface area contributed by atoms with Gasteiger partial charge in [-0.05, 0) is 43.1 Å². The van der Waals surface area contributed by atoms with Crippen LogP contribution in [0.5, 0.6) is 0 Å². The third kappa shape index (κ3) is 4.52. The van der Waals surface area contributed by atoms with Crippen molar-refractivity contribution in [2.45, 2.75) is 13.0 Å². The minimum Gasteiger partial charge on any atom is -0.324 e. The van der Waals surface area contributed by atoms with Gasteiger partial charge < -0.3 is 15.1 Å². The lowest BCUT2D eigenvalue weighted by molar-refractivity contribution is 0.216. The second kappa shape index (κ2) is 7.88. The summed E-state index contributed by atoms with van der Waals surface area (Å²) in [5.41, 5.74) is 1.95. The molecular weight excluding hydrogens is 302 g/mol. The van der Waals surface area contributed by atoms with Gasteiger partial charge in [0, 0.05) is 44.8 Å². The number of likely N-dealkylation sites (tertiary alicyclic amines) is 1. The molecule has 0 aromatic carbocycles. The number of amides is 2. The average molecular weight is 325 g/mol. The monoisotopic (exact) mass is 325 g/mol. The first kappa shape index (κ1) is 16.4. The second-order valence-electron chi connectivity index (χ2n) is 6.33. The molecule has 6 nitrogen and oxygen atoms in total. The summed E-state index contributed by atoms with van der Waals surface area (Å²) < 4.78 is 0. The number of nitrogens with one attached hydrogen (secondary N) is 1. The first-order chi connectivity index (χ1) is 11.7. The van der Waals surface area contributed by atoms with Gasteiger partial charge in [-0.2, -0.15) is 0 Å². The predicted molar refractivity (Wildman–Crippen MR) is 93.5 cm³/mol. The zero-order chi connectivity index (χ0) is 16.8. The Kier molecular flexibility index (Phi) is 5.38. The minimum absolute atomic E-state index is 0.0413. The molecular formula is C18H23N5O. The number of urea groups is 1. The Balaban J connectivity index is 1.45. The molecule has 2 aromatic rings. The molecule has 24 heavy (non-hydrogen) atoms. The van der Waals surface area contributed by atoms with E-state index in [1.165, 1.54) is 5.56 Å². The Morgan fingerprint density at radius 1 is 1.29 bits per heavy atom. The van der Waals surface area contributed by atoms with Crippen molar-refractivity contribution in [3.05, 3.63) is 54.6 Å². The van der Waals surface area contributed by atoms with Crippen molar-refractivity contribution < 1.29 is 4.79 Å². The Morgan fingerprint density at radius 2 is 2.08 bits per heavy atom. The highest BCUT2D eigenvalue weighted by molar-refractivity contribution is 5.89. The van der Waals surface area contributed by atoms with E-state index in [1.807, 2.05) is 29.3 Å². The van der Waals surface area contributed by atoms with Crippen LogP contribution in [0.2, 0.25) is 0 Å². The summed E-state index contributed by atoms with van der Waals surface area (Å²) in [5, 5.41) is 2.90. The standard InChI is InChI=1S/C18H23N5O/c1-22(12-15-4-2-7-19-10-15)13-16-6-9-23(14-16)18(24)21-17-5-3-8-20-11-17/h2-5,7-8,10-11,16H,6,9,12-14H2,1H3,(H,21,24)/t16-/m1/s1. The molecule has 1 saturated heterocycles. The molecule has 126 valence electrons. The first-order valence-electron chi connectivity index (χ1n) is 8.24. The van der Waals surface area contributed by atoms with Crippen molar-refractivity contribution in [3.8, 4) is 0 Å². The lowest BCUT2D eigenvalue weighted by Gasteiger charge is -2.21. The highest BCUT2D eigenvalue weighted by Crippen LogP contribution is 2.19. The van der Waals surface area contributed by atoms with Crippen molar-refractivity contribution in [2.24, 2.45) is 5.92 Å². The van der Waals surface area contributed by atoms with Gasteiger partial charge in [-0.3, -0.25) is 9.97 Å². The number of rotatable bonds is 5. The van der Waals surface area contributed by atoms with Crippen LogP contribution >= 0.6 is 0 Å². The number of aromatic nitrogens is 2. The Labute approximate surface area is 142 Å². The molecule has 0 aliphatic carbocycles. The lowest BCUT2D eigenvalue weighted by Crippen LogP contribution is -2.34. The smallest absolute Gasteiger partial charge is 0.321 e. The van der Waals surface area contributed by atoms with Crippen LogP contribution in [0.3, 0.4) is 0 Å². The maximum atomic E-state index is 12.3. The summed E-state index contributed by atoms with van der Waals surface area (Å²) in [4.78, 5) is 24.6. The van der Waals surface area contributed by atoms with Gasteiger partial charge in [-0.15, -0.1) is 0 Å². The van der Waals surface area contributed by atoms with Crippen LogP contribution in [-0.2, 0) is 6.54 Å². The average Bonchev–Trinajstić information content (AvgIpc) is 3.05. The summed E-state index contributed by atoms with van der Waals surface area (Å²) in [7, 11) is 2.12. The van der Waals surface area contributed by atoms with E-state index in [1.54, 1.807) is 18.6 Å². The van der Waals surface area contributed by atoms with E-state index >= 15 is 0 Å². The van der Waals surface area contributed by atoms with E-state index in [0.717, 1.165) is 38.3 Å². The molecule has 0 bridgehead atoms. The van der Waals surface area contributed by atoms with Crippen LogP contribution in [0.1, 0.15) is 12.0 Å². The highest BCUT2D eigenvalue weighted by atomic mass is 16.2. The topological polar surface area (TPSA) is 61.4 Å². The van der Waals surface area contributed by atoms with Gasteiger partial charge >= 0.3 is 6.03 Å². The van der Waals surface area contributed by atoms with Crippen LogP contribution in [0.4, 0.5) is 10.5 Å². The van der Waals surface area contributed by atoms with E-state index in [9.17, 15) is 4.79 Å². The van der Waals surface area contributed by atoms with Crippen molar-refractivity contribution in [1.82, 2.24) is 19.8 Å². The maximum absolute atomic E-state index is 12.3. The zero-order valence-electron chi connectivity index (χ0n) is 13.9. The Morgan fingerprint density at radius 3 is 2.79 bits per heavy atom. The largest absolute Gasteiger partial charge is 0.324 e. The van der Waals surface area contributed by atoms with E-state index in [-0.39, 0.29) is 6.03 Å². The number of hydrogen-bond acceptors (Lipinski definition) is 4. The Hall–Kier alpha value is -2.47. The van der Waals surface area contributed by atoms with Gasteiger partial charge in [0.1, 0.15) is 0 Å². The van der Waals surface area contributed by atoms with Crippen LogP contribution in [0.15, 0.2) is 49.1 Å². The molecule has 0 spiro atoms. The van der Waals surface area contributed by atoms with Gasteiger partial charge in [0.25, 0.3) is 0 Å². The molecule has 1 N–H and O–H groups in total. The number of anilines is 1. The number of carbonyl (C=O) groups excluding carboxylic acids is 1. The van der Waals surface area contributed by atoms with E-state index in [4.69, 9.17) is 0 Å². The Bertz CT molecular complexity index is 649. The van der Waals surface area contributed by atoms with Crippen molar-refractivity contribution in [2.75, 3.05) is 32.0 Å². The molecule has 1 aliphatic rings. The van der Waals surface area contributed by atoms with Crippen LogP contribution < -0.4 is 5.32 Å². The lowest BCUT2D eigenvalue weighted by atomic mass is 10.1. The summed E-state index contributed by atoms with van der Waals surface area (Å²) in [6.07, 6.45) is 8.09. The second-order valence-corrected chi connectivity index (χ2v) is 6.33. The fourth-order valence-electron chi connectivity index (χ4n) is 3.11. The van der Waals surface area contributed by atoms with E-state index in [2.05, 4.69) is 33.3 Å². The minimum atomic E-state index is -0.0413. The third-order valence-corrected chi connectivity index (χ3v) is 4.23. The number of pyridine rings is 2. The molecule has 0 saturated carbocycles. The fourth-order valence-corrected chi connectivity index (χ4v) is 3.11. The molecule has 3 rings (SSSR count). The van der Waals surface area contributed by atoms with E-state index in [0.29, 0.717) is 5.92 Å². The quantitative estimate of drug-likeness (QED) is 0.917.